The number of hydrogen-bond acceptors (Lipinski definition) is 6. The lowest BCUT2D eigenvalue weighted by Crippen LogP contribution is -2.19. The molecule has 6 nitrogen and oxygen atoms in total. The number of carbonyl (C=O) groups excluding carboxylic acids is 2. The predicted octanol–water partition coefficient (Wildman–Crippen LogP) is 4.67. The highest BCUT2D eigenvalue weighted by Crippen LogP contribution is 2.20. The van der Waals surface area contributed by atoms with Crippen molar-refractivity contribution in [2.75, 3.05) is 26.1 Å². The minimum Gasteiger partial charge on any atom is -0.465 e. The van der Waals surface area contributed by atoms with Gasteiger partial charge in [0, 0.05) is 25.3 Å². The van der Waals surface area contributed by atoms with Crippen LogP contribution in [-0.2, 0) is 26.6 Å². The lowest BCUT2D eigenvalue weighted by Gasteiger charge is -2.06. The van der Waals surface area contributed by atoms with Crippen molar-refractivity contribution in [2.45, 2.75) is 32.1 Å². The van der Waals surface area contributed by atoms with E-state index in [1.165, 1.54) is 24.0 Å². The normalized spacial score (nSPS) is 11.8. The molecule has 0 bridgehead atoms. The summed E-state index contributed by atoms with van der Waals surface area (Å²) >= 11 is 3.23. The number of thiazole rings is 1. The maximum Gasteiger partial charge on any atom is 0.337 e. The van der Waals surface area contributed by atoms with Crippen LogP contribution in [0.3, 0.4) is 0 Å². The number of thioether (sulfide) groups is 1. The van der Waals surface area contributed by atoms with E-state index in [-0.39, 0.29) is 11.9 Å². The van der Waals surface area contributed by atoms with Crippen LogP contribution in [0.5, 0.6) is 0 Å². The van der Waals surface area contributed by atoms with Gasteiger partial charge < -0.3 is 14.0 Å². The largest absolute Gasteiger partial charge is 0.465 e. The molecule has 1 aromatic heterocycles. The zero-order valence-corrected chi connectivity index (χ0v) is 20.0. The van der Waals surface area contributed by atoms with Gasteiger partial charge in [-0.2, -0.15) is 16.8 Å². The average molecular weight is 473 g/mol. The molecule has 0 atom stereocenters. The van der Waals surface area contributed by atoms with Crippen LogP contribution >= 0.6 is 23.1 Å². The standard InChI is InChI=1S/C24H28N2O4S2/c1-3-30-14-13-26-20-12-11-19(23(28)29-2)16-21(20)32-24(26)25-22(27)10-7-15-31-17-18-8-5-4-6-9-18/h4-6,8-9,11-12,16H,3,7,10,13-15,17H2,1-2H3. The van der Waals surface area contributed by atoms with Gasteiger partial charge in [0.2, 0.25) is 5.91 Å². The molecule has 0 N–H and O–H groups in total. The first-order chi connectivity index (χ1) is 15.6. The molecule has 0 aliphatic rings. The predicted molar refractivity (Wildman–Crippen MR) is 130 cm³/mol. The summed E-state index contributed by atoms with van der Waals surface area (Å²) in [5.41, 5.74) is 2.69. The molecule has 8 heteroatoms. The van der Waals surface area contributed by atoms with E-state index in [2.05, 4.69) is 17.1 Å². The molecule has 0 aliphatic carbocycles. The quantitative estimate of drug-likeness (QED) is 0.300. The highest BCUT2D eigenvalue weighted by molar-refractivity contribution is 7.98. The Morgan fingerprint density at radius 3 is 2.72 bits per heavy atom. The van der Waals surface area contributed by atoms with E-state index in [9.17, 15) is 9.59 Å². The molecule has 2 aromatic carbocycles. The highest BCUT2D eigenvalue weighted by Gasteiger charge is 2.12. The van der Waals surface area contributed by atoms with Crippen LogP contribution in [-0.4, -0.2) is 42.5 Å². The van der Waals surface area contributed by atoms with Gasteiger partial charge >= 0.3 is 5.97 Å². The van der Waals surface area contributed by atoms with E-state index in [0.717, 1.165) is 28.1 Å². The lowest BCUT2D eigenvalue weighted by atomic mass is 10.2. The summed E-state index contributed by atoms with van der Waals surface area (Å²) in [7, 11) is 1.36. The molecule has 0 aliphatic heterocycles. The summed E-state index contributed by atoms with van der Waals surface area (Å²) < 4.78 is 13.2. The van der Waals surface area contributed by atoms with Crippen molar-refractivity contribution >= 4 is 45.2 Å². The maximum atomic E-state index is 12.5. The SMILES string of the molecule is CCOCCn1c(=NC(=O)CCCSCc2ccccc2)sc2cc(C(=O)OC)ccc21. The highest BCUT2D eigenvalue weighted by atomic mass is 32.2. The summed E-state index contributed by atoms with van der Waals surface area (Å²) in [4.78, 5) is 29.4. The smallest absolute Gasteiger partial charge is 0.337 e. The van der Waals surface area contributed by atoms with Crippen molar-refractivity contribution in [1.82, 2.24) is 4.57 Å². The molecule has 1 heterocycles. The van der Waals surface area contributed by atoms with Gasteiger partial charge in [0.05, 0.1) is 29.5 Å². The van der Waals surface area contributed by atoms with E-state index in [1.54, 1.807) is 12.1 Å². The van der Waals surface area contributed by atoms with Gasteiger partial charge in [-0.25, -0.2) is 4.79 Å². The Kier molecular flexibility index (Phi) is 9.52. The van der Waals surface area contributed by atoms with E-state index in [4.69, 9.17) is 9.47 Å². The summed E-state index contributed by atoms with van der Waals surface area (Å²) in [6.07, 6.45) is 1.20. The average Bonchev–Trinajstić information content (AvgIpc) is 3.15. The van der Waals surface area contributed by atoms with Crippen molar-refractivity contribution in [3.63, 3.8) is 0 Å². The number of methoxy groups -OCH3 is 1. The summed E-state index contributed by atoms with van der Waals surface area (Å²) in [5.74, 6) is 1.34. The van der Waals surface area contributed by atoms with Crippen molar-refractivity contribution in [3.05, 3.63) is 64.5 Å². The Bertz CT molecular complexity index is 1110. The van der Waals surface area contributed by atoms with Crippen LogP contribution < -0.4 is 4.80 Å². The molecule has 3 aromatic rings. The van der Waals surface area contributed by atoms with Crippen LogP contribution in [0.25, 0.3) is 10.2 Å². The molecule has 0 fully saturated rings. The molecule has 3 rings (SSSR count). The fraction of sp³-hybridized carbons (Fsp3) is 0.375. The Morgan fingerprint density at radius 2 is 1.97 bits per heavy atom. The Balaban J connectivity index is 1.68. The number of aromatic nitrogens is 1. The number of fused-ring (bicyclic) bond motifs is 1. The number of hydrogen-bond donors (Lipinski definition) is 0. The van der Waals surface area contributed by atoms with E-state index < -0.39 is 0 Å². The monoisotopic (exact) mass is 472 g/mol. The van der Waals surface area contributed by atoms with Crippen LogP contribution in [0.2, 0.25) is 0 Å². The van der Waals surface area contributed by atoms with Crippen LogP contribution in [0.4, 0.5) is 0 Å². The van der Waals surface area contributed by atoms with Crippen molar-refractivity contribution in [2.24, 2.45) is 4.99 Å². The number of carbonyl (C=O) groups is 2. The number of amides is 1. The molecule has 32 heavy (non-hydrogen) atoms. The third-order valence-corrected chi connectivity index (χ3v) is 6.93. The molecular formula is C24H28N2O4S2. The van der Waals surface area contributed by atoms with Gasteiger partial charge in [0.25, 0.3) is 0 Å². The van der Waals surface area contributed by atoms with Gasteiger partial charge in [-0.05, 0) is 42.9 Å². The first-order valence-corrected chi connectivity index (χ1v) is 12.6. The summed E-state index contributed by atoms with van der Waals surface area (Å²) in [6, 6.07) is 15.7. The first-order valence-electron chi connectivity index (χ1n) is 10.6. The Labute approximate surface area is 196 Å². The van der Waals surface area contributed by atoms with Crippen molar-refractivity contribution < 1.29 is 19.1 Å². The number of ether oxygens (including phenoxy) is 2. The number of rotatable bonds is 11. The number of benzene rings is 2. The second-order valence-corrected chi connectivity index (χ2v) is 9.17. The Morgan fingerprint density at radius 1 is 1.16 bits per heavy atom. The molecular weight excluding hydrogens is 444 g/mol. The fourth-order valence-electron chi connectivity index (χ4n) is 3.17. The zero-order valence-electron chi connectivity index (χ0n) is 18.4. The first kappa shape index (κ1) is 24.2. The van der Waals surface area contributed by atoms with E-state index >= 15 is 0 Å². The third-order valence-electron chi connectivity index (χ3n) is 4.78. The second-order valence-electron chi connectivity index (χ2n) is 7.05. The van der Waals surface area contributed by atoms with Crippen LogP contribution in [0.15, 0.2) is 53.5 Å². The number of nitrogens with zero attached hydrogens (tertiary/aromatic N) is 2. The summed E-state index contributed by atoms with van der Waals surface area (Å²) in [6.45, 7) is 3.69. The van der Waals surface area contributed by atoms with Gasteiger partial charge in [0.15, 0.2) is 4.80 Å². The zero-order chi connectivity index (χ0) is 22.8. The molecule has 0 saturated heterocycles. The second kappa shape index (κ2) is 12.6. The van der Waals surface area contributed by atoms with Gasteiger partial charge in [-0.15, -0.1) is 0 Å². The van der Waals surface area contributed by atoms with Crippen molar-refractivity contribution in [3.8, 4) is 0 Å². The fourth-order valence-corrected chi connectivity index (χ4v) is 5.21. The molecule has 0 spiro atoms. The summed E-state index contributed by atoms with van der Waals surface area (Å²) in [5, 5.41) is 0. The number of esters is 1. The Hall–Kier alpha value is -2.42. The molecule has 0 saturated carbocycles. The minimum absolute atomic E-state index is 0.129. The van der Waals surface area contributed by atoms with Crippen molar-refractivity contribution in [1.29, 1.82) is 0 Å². The maximum absolute atomic E-state index is 12.5. The van der Waals surface area contributed by atoms with Gasteiger partial charge in [-0.1, -0.05) is 41.7 Å². The molecule has 0 unspecified atom stereocenters. The third kappa shape index (κ3) is 6.79. The molecule has 0 radical (unpaired) electrons. The van der Waals surface area contributed by atoms with Gasteiger partial charge in [-0.3, -0.25) is 4.79 Å². The molecule has 170 valence electrons. The van der Waals surface area contributed by atoms with Gasteiger partial charge in [0.1, 0.15) is 0 Å². The van der Waals surface area contributed by atoms with E-state index in [1.807, 2.05) is 47.5 Å². The van der Waals surface area contributed by atoms with E-state index in [0.29, 0.717) is 36.5 Å². The minimum atomic E-state index is -0.385. The molecule has 1 amide bonds. The van der Waals surface area contributed by atoms with Crippen LogP contribution in [0, 0.1) is 0 Å². The van der Waals surface area contributed by atoms with Crippen LogP contribution in [0.1, 0.15) is 35.7 Å². The lowest BCUT2D eigenvalue weighted by molar-refractivity contribution is -0.118. The topological polar surface area (TPSA) is 69.9 Å².